The van der Waals surface area contributed by atoms with Gasteiger partial charge in [-0.2, -0.15) is 0 Å². The molecule has 6 rings (SSSR count). The van der Waals surface area contributed by atoms with Crippen LogP contribution in [0.5, 0.6) is 0 Å². The highest BCUT2D eigenvalue weighted by Gasteiger charge is 2.53. The van der Waals surface area contributed by atoms with Crippen LogP contribution in [-0.2, 0) is 11.0 Å². The average molecular weight is 285 g/mol. The highest BCUT2D eigenvalue weighted by molar-refractivity contribution is 5.24. The molecule has 0 amide bonds. The van der Waals surface area contributed by atoms with Gasteiger partial charge in [-0.05, 0) is 82.0 Å². The highest BCUT2D eigenvalue weighted by atomic mass is 15.0. The van der Waals surface area contributed by atoms with E-state index in [1.54, 1.807) is 0 Å². The van der Waals surface area contributed by atoms with Crippen molar-refractivity contribution in [2.75, 3.05) is 0 Å². The van der Waals surface area contributed by atoms with Gasteiger partial charge in [0, 0.05) is 17.3 Å². The third kappa shape index (κ3) is 1.79. The Kier molecular flexibility index (Phi) is 2.37. The lowest BCUT2D eigenvalue weighted by molar-refractivity contribution is -0.00711. The smallest absolute Gasteiger partial charge is 0.126 e. The normalized spacial score (nSPS) is 44.0. The minimum absolute atomic E-state index is 0.249. The van der Waals surface area contributed by atoms with E-state index >= 15 is 0 Å². The molecule has 3 heteroatoms. The maximum absolute atomic E-state index is 6.55. The van der Waals surface area contributed by atoms with Crippen molar-refractivity contribution in [3.63, 3.8) is 0 Å². The molecule has 5 aliphatic carbocycles. The van der Waals surface area contributed by atoms with Crippen molar-refractivity contribution in [2.24, 2.45) is 29.4 Å². The Morgan fingerprint density at radius 1 is 1.14 bits per heavy atom. The maximum Gasteiger partial charge on any atom is 0.126 e. The zero-order chi connectivity index (χ0) is 14.2. The molecular formula is C18H27N3. The maximum atomic E-state index is 6.55. The molecule has 5 aliphatic rings. The molecule has 0 saturated heterocycles. The number of rotatable bonds is 3. The van der Waals surface area contributed by atoms with E-state index < -0.39 is 0 Å². The summed E-state index contributed by atoms with van der Waals surface area (Å²) in [7, 11) is 0. The number of H-pyrrole nitrogens is 1. The molecule has 0 aromatic carbocycles. The first-order valence-corrected chi connectivity index (χ1v) is 8.90. The van der Waals surface area contributed by atoms with Crippen molar-refractivity contribution >= 4 is 0 Å². The van der Waals surface area contributed by atoms with Crippen LogP contribution in [0, 0.1) is 23.7 Å². The van der Waals surface area contributed by atoms with Gasteiger partial charge in [-0.1, -0.05) is 0 Å². The summed E-state index contributed by atoms with van der Waals surface area (Å²) in [6.07, 6.45) is 13.3. The molecule has 1 heterocycles. The molecule has 1 aromatic heterocycles. The number of aromatic nitrogens is 2. The molecule has 114 valence electrons. The quantitative estimate of drug-likeness (QED) is 0.893. The second kappa shape index (κ2) is 3.92. The van der Waals surface area contributed by atoms with E-state index in [9.17, 15) is 0 Å². The molecule has 3 N–H and O–H groups in total. The summed E-state index contributed by atoms with van der Waals surface area (Å²) in [6, 6.07) is 0. The van der Waals surface area contributed by atoms with E-state index in [1.807, 2.05) is 0 Å². The Balaban J connectivity index is 1.49. The lowest BCUT2D eigenvalue weighted by atomic mass is 9.49. The van der Waals surface area contributed by atoms with Gasteiger partial charge in [0.15, 0.2) is 0 Å². The summed E-state index contributed by atoms with van der Waals surface area (Å²) < 4.78 is 0. The number of nitrogens with two attached hydrogens (primary N) is 1. The zero-order valence-electron chi connectivity index (χ0n) is 13.1. The van der Waals surface area contributed by atoms with E-state index in [0.29, 0.717) is 11.3 Å². The first-order chi connectivity index (χ1) is 10.1. The molecule has 3 nitrogen and oxygen atoms in total. The molecule has 1 unspecified atom stereocenters. The molecule has 0 radical (unpaired) electrons. The Morgan fingerprint density at radius 3 is 2.24 bits per heavy atom. The van der Waals surface area contributed by atoms with E-state index in [2.05, 4.69) is 18.1 Å². The highest BCUT2D eigenvalue weighted by Crippen LogP contribution is 2.60. The lowest BCUT2D eigenvalue weighted by Crippen LogP contribution is -2.48. The number of aromatic amines is 1. The van der Waals surface area contributed by atoms with Gasteiger partial charge >= 0.3 is 0 Å². The SMILES string of the molecule is CC(N)(c1ncc(C23CC4CC(CC(C4)C2)C3)[nH]1)C1CC1. The molecule has 5 fully saturated rings. The summed E-state index contributed by atoms with van der Waals surface area (Å²) in [5, 5.41) is 0. The third-order valence-corrected chi connectivity index (χ3v) is 7.12. The van der Waals surface area contributed by atoms with Crippen LogP contribution in [0.1, 0.15) is 69.8 Å². The Morgan fingerprint density at radius 2 is 1.71 bits per heavy atom. The van der Waals surface area contributed by atoms with Crippen molar-refractivity contribution in [3.05, 3.63) is 17.7 Å². The summed E-state index contributed by atoms with van der Waals surface area (Å²) in [6.45, 7) is 2.16. The van der Waals surface area contributed by atoms with Crippen LogP contribution in [0.3, 0.4) is 0 Å². The number of imidazole rings is 1. The molecular weight excluding hydrogens is 258 g/mol. The van der Waals surface area contributed by atoms with Crippen LogP contribution in [0.15, 0.2) is 6.20 Å². The van der Waals surface area contributed by atoms with Crippen molar-refractivity contribution < 1.29 is 0 Å². The molecule has 1 atom stereocenters. The van der Waals surface area contributed by atoms with Crippen molar-refractivity contribution in [1.29, 1.82) is 0 Å². The van der Waals surface area contributed by atoms with E-state index in [-0.39, 0.29) is 5.54 Å². The summed E-state index contributed by atoms with van der Waals surface area (Å²) in [5.74, 6) is 4.62. The Bertz CT molecular complexity index is 531. The fourth-order valence-corrected chi connectivity index (χ4v) is 6.18. The van der Waals surface area contributed by atoms with Crippen molar-refractivity contribution in [3.8, 4) is 0 Å². The topological polar surface area (TPSA) is 54.7 Å². The predicted molar refractivity (Wildman–Crippen MR) is 82.7 cm³/mol. The van der Waals surface area contributed by atoms with E-state index in [1.165, 1.54) is 57.1 Å². The minimum Gasteiger partial charge on any atom is -0.344 e. The minimum atomic E-state index is -0.249. The molecule has 1 aromatic rings. The van der Waals surface area contributed by atoms with Gasteiger partial charge in [-0.25, -0.2) is 4.98 Å². The van der Waals surface area contributed by atoms with Gasteiger partial charge < -0.3 is 10.7 Å². The Labute approximate surface area is 127 Å². The van der Waals surface area contributed by atoms with Crippen LogP contribution >= 0.6 is 0 Å². The first kappa shape index (κ1) is 12.7. The van der Waals surface area contributed by atoms with Crippen molar-refractivity contribution in [1.82, 2.24) is 9.97 Å². The van der Waals surface area contributed by atoms with E-state index in [0.717, 1.165) is 23.6 Å². The van der Waals surface area contributed by atoms with Crippen LogP contribution in [0.25, 0.3) is 0 Å². The standard InChI is InChI=1S/C18H27N3/c1-17(19,14-2-3-14)16-20-10-15(21-16)18-7-11-4-12(8-18)6-13(5-11)9-18/h10-14H,2-9,19H2,1H3,(H,20,21). The summed E-state index contributed by atoms with van der Waals surface area (Å²) in [4.78, 5) is 8.42. The summed E-state index contributed by atoms with van der Waals surface area (Å²) >= 11 is 0. The number of nitrogens with zero attached hydrogens (tertiary/aromatic N) is 1. The predicted octanol–water partition coefficient (Wildman–Crippen LogP) is 3.46. The molecule has 5 saturated carbocycles. The van der Waals surface area contributed by atoms with Crippen molar-refractivity contribution in [2.45, 2.75) is 69.2 Å². The third-order valence-electron chi connectivity index (χ3n) is 7.12. The molecule has 0 spiro atoms. The number of hydrogen-bond acceptors (Lipinski definition) is 2. The fraction of sp³-hybridized carbons (Fsp3) is 0.833. The van der Waals surface area contributed by atoms with Gasteiger partial charge in [-0.3, -0.25) is 0 Å². The second-order valence-electron chi connectivity index (χ2n) is 8.90. The van der Waals surface area contributed by atoms with Gasteiger partial charge in [0.2, 0.25) is 0 Å². The zero-order valence-corrected chi connectivity index (χ0v) is 13.1. The van der Waals surface area contributed by atoms with Crippen LogP contribution < -0.4 is 5.73 Å². The monoisotopic (exact) mass is 285 g/mol. The van der Waals surface area contributed by atoms with Crippen LogP contribution in [0.4, 0.5) is 0 Å². The summed E-state index contributed by atoms with van der Waals surface area (Å²) in [5.41, 5.74) is 8.13. The second-order valence-corrected chi connectivity index (χ2v) is 8.90. The van der Waals surface area contributed by atoms with Crippen LogP contribution in [-0.4, -0.2) is 9.97 Å². The Hall–Kier alpha value is -0.830. The van der Waals surface area contributed by atoms with Gasteiger partial charge in [-0.15, -0.1) is 0 Å². The van der Waals surface area contributed by atoms with Gasteiger partial charge in [0.05, 0.1) is 5.54 Å². The van der Waals surface area contributed by atoms with E-state index in [4.69, 9.17) is 10.7 Å². The van der Waals surface area contributed by atoms with Crippen LogP contribution in [0.2, 0.25) is 0 Å². The first-order valence-electron chi connectivity index (χ1n) is 8.90. The van der Waals surface area contributed by atoms with Gasteiger partial charge in [0.1, 0.15) is 5.82 Å². The lowest BCUT2D eigenvalue weighted by Gasteiger charge is -2.56. The fourth-order valence-electron chi connectivity index (χ4n) is 6.18. The average Bonchev–Trinajstić information content (AvgIpc) is 3.14. The molecule has 4 bridgehead atoms. The largest absolute Gasteiger partial charge is 0.344 e. The van der Waals surface area contributed by atoms with Gasteiger partial charge in [0.25, 0.3) is 0 Å². The number of hydrogen-bond donors (Lipinski definition) is 2. The molecule has 21 heavy (non-hydrogen) atoms. The number of nitrogens with one attached hydrogen (secondary N) is 1. The molecule has 0 aliphatic heterocycles.